The average Bonchev–Trinajstić information content (AvgIpc) is 2.98. The van der Waals surface area contributed by atoms with Gasteiger partial charge < -0.3 is 0 Å². The number of fused-ring (bicyclic) bond motifs is 1. The van der Waals surface area contributed by atoms with E-state index in [1.54, 1.807) is 24.3 Å². The van der Waals surface area contributed by atoms with Crippen molar-refractivity contribution < 1.29 is 14.4 Å². The van der Waals surface area contributed by atoms with Crippen molar-refractivity contribution in [2.24, 2.45) is 11.8 Å². The van der Waals surface area contributed by atoms with Gasteiger partial charge in [-0.25, -0.2) is 5.01 Å². The quantitative estimate of drug-likeness (QED) is 0.595. The monoisotopic (exact) mass is 474 g/mol. The molecule has 0 N–H and O–H groups in total. The molecule has 7 heteroatoms. The molecule has 1 aliphatic heterocycles. The first-order chi connectivity index (χ1) is 14.0. The third-order valence-corrected chi connectivity index (χ3v) is 6.41. The summed E-state index contributed by atoms with van der Waals surface area (Å²) < 4.78 is 0.913. The van der Waals surface area contributed by atoms with E-state index >= 15 is 0 Å². The van der Waals surface area contributed by atoms with E-state index in [0.29, 0.717) is 23.4 Å². The van der Waals surface area contributed by atoms with Crippen molar-refractivity contribution >= 4 is 45.3 Å². The molecular formula is C22H20BrClN2O3. The van der Waals surface area contributed by atoms with Crippen molar-refractivity contribution in [3.05, 3.63) is 69.2 Å². The number of imide groups is 1. The molecule has 0 bridgehead atoms. The van der Waals surface area contributed by atoms with Crippen LogP contribution in [0, 0.1) is 11.8 Å². The summed E-state index contributed by atoms with van der Waals surface area (Å²) in [6, 6.07) is 13.9. The van der Waals surface area contributed by atoms with E-state index in [0.717, 1.165) is 27.9 Å². The number of halogens is 2. The predicted molar refractivity (Wildman–Crippen MR) is 113 cm³/mol. The Kier molecular flexibility index (Phi) is 5.74. The number of carbonyl (C=O) groups excluding carboxylic acids is 3. The van der Waals surface area contributed by atoms with Crippen molar-refractivity contribution in [1.82, 2.24) is 10.0 Å². The summed E-state index contributed by atoms with van der Waals surface area (Å²) in [7, 11) is 0. The van der Waals surface area contributed by atoms with Crippen molar-refractivity contribution in [1.29, 1.82) is 0 Å². The van der Waals surface area contributed by atoms with Crippen molar-refractivity contribution in [2.45, 2.75) is 32.2 Å². The van der Waals surface area contributed by atoms with E-state index in [2.05, 4.69) is 15.9 Å². The Morgan fingerprint density at radius 2 is 1.52 bits per heavy atom. The summed E-state index contributed by atoms with van der Waals surface area (Å²) in [5, 5.41) is 2.90. The van der Waals surface area contributed by atoms with Gasteiger partial charge in [-0.05, 0) is 54.8 Å². The Balaban J connectivity index is 1.70. The van der Waals surface area contributed by atoms with Gasteiger partial charge in [-0.2, -0.15) is 5.01 Å². The molecule has 1 aliphatic carbocycles. The summed E-state index contributed by atoms with van der Waals surface area (Å²) in [4.78, 5) is 39.6. The molecule has 0 radical (unpaired) electrons. The lowest BCUT2D eigenvalue weighted by atomic mass is 9.81. The summed E-state index contributed by atoms with van der Waals surface area (Å²) >= 11 is 9.35. The van der Waals surface area contributed by atoms with Gasteiger partial charge in [0.15, 0.2) is 0 Å². The fourth-order valence-electron chi connectivity index (χ4n) is 4.12. The molecule has 29 heavy (non-hydrogen) atoms. The Labute approximate surface area is 182 Å². The minimum Gasteiger partial charge on any atom is -0.272 e. The smallest absolute Gasteiger partial charge is 0.272 e. The zero-order valence-electron chi connectivity index (χ0n) is 15.7. The number of carbonyl (C=O) groups is 3. The summed E-state index contributed by atoms with van der Waals surface area (Å²) in [6.45, 7) is 0.131. The standard InChI is InChI=1S/C22H20BrClN2O3/c23-16-9-5-14(6-10-16)13-25(20(27)15-7-11-17(24)12-8-15)26-21(28)18-3-1-2-4-19(18)22(26)29/h5-12,18-19H,1-4,13H2/t18-,19-/m0/s1. The molecule has 1 heterocycles. The minimum atomic E-state index is -0.398. The molecule has 150 valence electrons. The second kappa shape index (κ2) is 8.28. The van der Waals surface area contributed by atoms with E-state index < -0.39 is 5.91 Å². The number of benzene rings is 2. The van der Waals surface area contributed by atoms with E-state index in [4.69, 9.17) is 11.6 Å². The van der Waals surface area contributed by atoms with Crippen LogP contribution in [-0.2, 0) is 16.1 Å². The number of rotatable bonds is 4. The van der Waals surface area contributed by atoms with Crippen molar-refractivity contribution in [3.63, 3.8) is 0 Å². The van der Waals surface area contributed by atoms with Crippen LogP contribution in [0.2, 0.25) is 5.02 Å². The lowest BCUT2D eigenvalue weighted by Crippen LogP contribution is -2.49. The zero-order valence-corrected chi connectivity index (χ0v) is 18.0. The molecule has 4 rings (SSSR count). The Bertz CT molecular complexity index is 922. The Morgan fingerprint density at radius 1 is 0.966 bits per heavy atom. The first-order valence-electron chi connectivity index (χ1n) is 9.65. The molecule has 2 fully saturated rings. The van der Waals surface area contributed by atoms with Crippen LogP contribution < -0.4 is 0 Å². The third-order valence-electron chi connectivity index (χ3n) is 5.63. The number of hydrazine groups is 1. The Morgan fingerprint density at radius 3 is 2.07 bits per heavy atom. The fraction of sp³-hybridized carbons (Fsp3) is 0.318. The van der Waals surface area contributed by atoms with Crippen LogP contribution in [0.1, 0.15) is 41.6 Å². The topological polar surface area (TPSA) is 57.7 Å². The highest BCUT2D eigenvalue weighted by Gasteiger charge is 2.51. The number of hydrogen-bond acceptors (Lipinski definition) is 3. The van der Waals surface area contributed by atoms with Crippen LogP contribution >= 0.6 is 27.5 Å². The normalized spacial score (nSPS) is 21.2. The van der Waals surface area contributed by atoms with E-state index in [9.17, 15) is 14.4 Å². The maximum absolute atomic E-state index is 13.3. The lowest BCUT2D eigenvalue weighted by molar-refractivity contribution is -0.155. The zero-order chi connectivity index (χ0) is 20.5. The molecule has 2 aromatic rings. The van der Waals surface area contributed by atoms with Gasteiger partial charge in [-0.3, -0.25) is 14.4 Å². The van der Waals surface area contributed by atoms with E-state index in [-0.39, 0.29) is 30.2 Å². The highest BCUT2D eigenvalue weighted by atomic mass is 79.9. The third kappa shape index (κ3) is 3.96. The van der Waals surface area contributed by atoms with Crippen molar-refractivity contribution in [2.75, 3.05) is 0 Å². The molecule has 0 aromatic heterocycles. The summed E-state index contributed by atoms with van der Waals surface area (Å²) in [5.74, 6) is -1.56. The molecule has 3 amide bonds. The summed E-state index contributed by atoms with van der Waals surface area (Å²) in [5.41, 5.74) is 1.20. The van der Waals surface area contributed by atoms with Gasteiger partial charge in [0.1, 0.15) is 0 Å². The van der Waals surface area contributed by atoms with Crippen LogP contribution in [0.4, 0.5) is 0 Å². The van der Waals surface area contributed by atoms with Crippen molar-refractivity contribution in [3.8, 4) is 0 Å². The average molecular weight is 476 g/mol. The van der Waals surface area contributed by atoms with Gasteiger partial charge in [0.25, 0.3) is 17.7 Å². The molecule has 1 saturated heterocycles. The van der Waals surface area contributed by atoms with Gasteiger partial charge in [0, 0.05) is 15.1 Å². The maximum atomic E-state index is 13.3. The number of amides is 3. The van der Waals surface area contributed by atoms with Crippen LogP contribution in [0.25, 0.3) is 0 Å². The van der Waals surface area contributed by atoms with Crippen LogP contribution in [0.5, 0.6) is 0 Å². The van der Waals surface area contributed by atoms with Crippen LogP contribution in [0.3, 0.4) is 0 Å². The SMILES string of the molecule is O=C(c1ccc(Cl)cc1)N(Cc1ccc(Br)cc1)N1C(=O)[C@H]2CCCC[C@@H]2C1=O. The molecule has 1 saturated carbocycles. The molecule has 2 aromatic carbocycles. The van der Waals surface area contributed by atoms with Gasteiger partial charge in [0.05, 0.1) is 18.4 Å². The molecule has 2 aliphatic rings. The first-order valence-corrected chi connectivity index (χ1v) is 10.8. The Hall–Kier alpha value is -2.18. The molecule has 0 unspecified atom stereocenters. The molecule has 2 atom stereocenters. The number of nitrogens with zero attached hydrogens (tertiary/aromatic N) is 2. The lowest BCUT2D eigenvalue weighted by Gasteiger charge is -2.30. The largest absolute Gasteiger partial charge is 0.273 e. The maximum Gasteiger partial charge on any atom is 0.273 e. The van der Waals surface area contributed by atoms with Crippen LogP contribution in [0.15, 0.2) is 53.0 Å². The minimum absolute atomic E-state index is 0.131. The fourth-order valence-corrected chi connectivity index (χ4v) is 4.51. The second-order valence-corrected chi connectivity index (χ2v) is 8.83. The highest BCUT2D eigenvalue weighted by molar-refractivity contribution is 9.10. The molecule has 0 spiro atoms. The predicted octanol–water partition coefficient (Wildman–Crippen LogP) is 4.84. The molecular weight excluding hydrogens is 456 g/mol. The first kappa shape index (κ1) is 20.1. The number of hydrogen-bond donors (Lipinski definition) is 0. The van der Waals surface area contributed by atoms with E-state index in [1.165, 1.54) is 5.01 Å². The second-order valence-electron chi connectivity index (χ2n) is 7.48. The van der Waals surface area contributed by atoms with Gasteiger partial charge in [0.2, 0.25) is 0 Å². The van der Waals surface area contributed by atoms with Gasteiger partial charge in [-0.15, -0.1) is 0 Å². The van der Waals surface area contributed by atoms with Crippen LogP contribution in [-0.4, -0.2) is 27.7 Å². The highest BCUT2D eigenvalue weighted by Crippen LogP contribution is 2.39. The summed E-state index contributed by atoms with van der Waals surface area (Å²) in [6.07, 6.45) is 3.28. The van der Waals surface area contributed by atoms with Gasteiger partial charge in [-0.1, -0.05) is 52.5 Å². The molecule has 5 nitrogen and oxygen atoms in total. The van der Waals surface area contributed by atoms with Gasteiger partial charge >= 0.3 is 0 Å². The van der Waals surface area contributed by atoms with E-state index in [1.807, 2.05) is 24.3 Å².